The number of hydrogen-bond donors (Lipinski definition) is 0. The van der Waals surface area contributed by atoms with Crippen LogP contribution in [0.1, 0.15) is 5.69 Å². The summed E-state index contributed by atoms with van der Waals surface area (Å²) in [6, 6.07) is 3.40. The zero-order chi connectivity index (χ0) is 10.8. The molecule has 0 spiro atoms. The van der Waals surface area contributed by atoms with Crippen LogP contribution in [0.2, 0.25) is 5.02 Å². The topological polar surface area (TPSA) is 52.7 Å². The van der Waals surface area contributed by atoms with Gasteiger partial charge >= 0.3 is 5.69 Å². The SMILES string of the molecule is Cn1cnn(Cc2cc(Cl)ccn2)c1=O. The van der Waals surface area contributed by atoms with Crippen LogP contribution < -0.4 is 5.69 Å². The molecule has 6 heteroatoms. The van der Waals surface area contributed by atoms with E-state index in [9.17, 15) is 4.79 Å². The Morgan fingerprint density at radius 2 is 2.33 bits per heavy atom. The van der Waals surface area contributed by atoms with E-state index < -0.39 is 0 Å². The summed E-state index contributed by atoms with van der Waals surface area (Å²) in [5.41, 5.74) is 0.542. The van der Waals surface area contributed by atoms with Crippen molar-refractivity contribution in [2.24, 2.45) is 7.05 Å². The highest BCUT2D eigenvalue weighted by Gasteiger charge is 2.03. The molecule has 0 aromatic carbocycles. The molecule has 0 amide bonds. The standard InChI is InChI=1S/C9H9ClN4O/c1-13-6-12-14(9(13)15)5-8-4-7(10)2-3-11-8/h2-4,6H,5H2,1H3. The summed E-state index contributed by atoms with van der Waals surface area (Å²) in [5, 5.41) is 4.53. The summed E-state index contributed by atoms with van der Waals surface area (Å²) in [4.78, 5) is 15.6. The Balaban J connectivity index is 2.30. The largest absolute Gasteiger partial charge is 0.345 e. The number of rotatable bonds is 2. The lowest BCUT2D eigenvalue weighted by atomic mass is 10.3. The second-order valence-electron chi connectivity index (χ2n) is 3.15. The Kier molecular flexibility index (Phi) is 2.55. The van der Waals surface area contributed by atoms with Crippen molar-refractivity contribution in [3.8, 4) is 0 Å². The van der Waals surface area contributed by atoms with Crippen LogP contribution in [0, 0.1) is 0 Å². The molecule has 78 valence electrons. The van der Waals surface area contributed by atoms with Gasteiger partial charge < -0.3 is 0 Å². The molecule has 15 heavy (non-hydrogen) atoms. The van der Waals surface area contributed by atoms with E-state index in [1.165, 1.54) is 15.6 Å². The zero-order valence-electron chi connectivity index (χ0n) is 8.09. The molecule has 0 radical (unpaired) electrons. The summed E-state index contributed by atoms with van der Waals surface area (Å²) in [7, 11) is 1.65. The molecule has 2 aromatic rings. The van der Waals surface area contributed by atoms with Crippen LogP contribution >= 0.6 is 11.6 Å². The lowest BCUT2D eigenvalue weighted by molar-refractivity contribution is 0.635. The molecule has 0 saturated heterocycles. The van der Waals surface area contributed by atoms with Gasteiger partial charge in [0.05, 0.1) is 12.2 Å². The lowest BCUT2D eigenvalue weighted by Crippen LogP contribution is -2.23. The second kappa shape index (κ2) is 3.86. The maximum atomic E-state index is 11.5. The van der Waals surface area contributed by atoms with Gasteiger partial charge in [-0.3, -0.25) is 9.55 Å². The fourth-order valence-corrected chi connectivity index (χ4v) is 1.40. The van der Waals surface area contributed by atoms with Gasteiger partial charge in [0.1, 0.15) is 6.33 Å². The average Bonchev–Trinajstić information content (AvgIpc) is 2.50. The van der Waals surface area contributed by atoms with E-state index >= 15 is 0 Å². The number of hydrogen-bond acceptors (Lipinski definition) is 3. The van der Waals surface area contributed by atoms with Crippen molar-refractivity contribution in [2.75, 3.05) is 0 Å². The molecular formula is C9H9ClN4O. The van der Waals surface area contributed by atoms with Crippen molar-refractivity contribution < 1.29 is 0 Å². The third-order valence-corrected chi connectivity index (χ3v) is 2.21. The van der Waals surface area contributed by atoms with Crippen molar-refractivity contribution >= 4 is 11.6 Å². The fraction of sp³-hybridized carbons (Fsp3) is 0.222. The molecule has 2 aromatic heterocycles. The molecule has 2 rings (SSSR count). The predicted molar refractivity (Wildman–Crippen MR) is 55.8 cm³/mol. The first-order chi connectivity index (χ1) is 7.16. The Labute approximate surface area is 90.9 Å². The van der Waals surface area contributed by atoms with Gasteiger partial charge in [-0.25, -0.2) is 9.48 Å². The van der Waals surface area contributed by atoms with E-state index in [-0.39, 0.29) is 5.69 Å². The summed E-state index contributed by atoms with van der Waals surface area (Å²) in [6.07, 6.45) is 3.07. The Morgan fingerprint density at radius 1 is 1.53 bits per heavy atom. The first-order valence-electron chi connectivity index (χ1n) is 4.35. The predicted octanol–water partition coefficient (Wildman–Crippen LogP) is 0.678. The van der Waals surface area contributed by atoms with Gasteiger partial charge in [0.15, 0.2) is 0 Å². The van der Waals surface area contributed by atoms with Crippen LogP contribution in [-0.2, 0) is 13.6 Å². The van der Waals surface area contributed by atoms with Crippen molar-refractivity contribution in [3.63, 3.8) is 0 Å². The van der Waals surface area contributed by atoms with Crippen molar-refractivity contribution in [1.29, 1.82) is 0 Å². The Morgan fingerprint density at radius 3 is 2.93 bits per heavy atom. The van der Waals surface area contributed by atoms with Crippen molar-refractivity contribution in [1.82, 2.24) is 19.3 Å². The van der Waals surface area contributed by atoms with E-state index in [0.29, 0.717) is 17.3 Å². The van der Waals surface area contributed by atoms with Crippen LogP contribution in [0.4, 0.5) is 0 Å². The van der Waals surface area contributed by atoms with Crippen LogP contribution in [0.25, 0.3) is 0 Å². The molecule has 2 heterocycles. The molecule has 0 aliphatic heterocycles. The number of aromatic nitrogens is 4. The number of pyridine rings is 1. The van der Waals surface area contributed by atoms with E-state index in [2.05, 4.69) is 10.1 Å². The Hall–Kier alpha value is -1.62. The van der Waals surface area contributed by atoms with Crippen LogP contribution in [-0.4, -0.2) is 19.3 Å². The molecular weight excluding hydrogens is 216 g/mol. The minimum atomic E-state index is -0.170. The van der Waals surface area contributed by atoms with Gasteiger partial charge in [-0.1, -0.05) is 11.6 Å². The van der Waals surface area contributed by atoms with E-state index in [4.69, 9.17) is 11.6 Å². The minimum Gasteiger partial charge on any atom is -0.285 e. The quantitative estimate of drug-likeness (QED) is 0.754. The molecule has 0 aliphatic rings. The normalized spacial score (nSPS) is 10.5. The van der Waals surface area contributed by atoms with E-state index in [1.54, 1.807) is 25.4 Å². The van der Waals surface area contributed by atoms with Gasteiger partial charge in [0, 0.05) is 18.3 Å². The van der Waals surface area contributed by atoms with Gasteiger partial charge in [-0.2, -0.15) is 5.10 Å². The van der Waals surface area contributed by atoms with E-state index in [0.717, 1.165) is 0 Å². The number of nitrogens with zero attached hydrogens (tertiary/aromatic N) is 4. The van der Waals surface area contributed by atoms with Crippen molar-refractivity contribution in [3.05, 3.63) is 45.9 Å². The first kappa shape index (κ1) is 9.92. The zero-order valence-corrected chi connectivity index (χ0v) is 8.85. The maximum absolute atomic E-state index is 11.5. The average molecular weight is 225 g/mol. The molecule has 0 aliphatic carbocycles. The smallest absolute Gasteiger partial charge is 0.285 e. The number of halogens is 1. The highest BCUT2D eigenvalue weighted by molar-refractivity contribution is 6.30. The molecule has 5 nitrogen and oxygen atoms in total. The minimum absolute atomic E-state index is 0.170. The summed E-state index contributed by atoms with van der Waals surface area (Å²) < 4.78 is 2.74. The molecule has 0 fully saturated rings. The molecule has 0 saturated carbocycles. The van der Waals surface area contributed by atoms with Crippen LogP contribution in [0.15, 0.2) is 29.5 Å². The highest BCUT2D eigenvalue weighted by atomic mass is 35.5. The van der Waals surface area contributed by atoms with Crippen LogP contribution in [0.3, 0.4) is 0 Å². The van der Waals surface area contributed by atoms with Gasteiger partial charge in [0.2, 0.25) is 0 Å². The monoisotopic (exact) mass is 224 g/mol. The summed E-state index contributed by atoms with van der Waals surface area (Å²) in [6.45, 7) is 0.334. The summed E-state index contributed by atoms with van der Waals surface area (Å²) in [5.74, 6) is 0. The van der Waals surface area contributed by atoms with Gasteiger partial charge in [-0.05, 0) is 12.1 Å². The third kappa shape index (κ3) is 2.07. The Bertz CT molecular complexity index is 531. The maximum Gasteiger partial charge on any atom is 0.345 e. The second-order valence-corrected chi connectivity index (χ2v) is 3.58. The highest BCUT2D eigenvalue weighted by Crippen LogP contribution is 2.07. The first-order valence-corrected chi connectivity index (χ1v) is 4.73. The van der Waals surface area contributed by atoms with Crippen LogP contribution in [0.5, 0.6) is 0 Å². The molecule has 0 atom stereocenters. The number of aryl methyl sites for hydroxylation is 1. The van der Waals surface area contributed by atoms with Gasteiger partial charge in [0.25, 0.3) is 0 Å². The van der Waals surface area contributed by atoms with Gasteiger partial charge in [-0.15, -0.1) is 0 Å². The fourth-order valence-electron chi connectivity index (χ4n) is 1.22. The third-order valence-electron chi connectivity index (χ3n) is 1.98. The summed E-state index contributed by atoms with van der Waals surface area (Å²) >= 11 is 5.80. The van der Waals surface area contributed by atoms with Crippen molar-refractivity contribution in [2.45, 2.75) is 6.54 Å². The van der Waals surface area contributed by atoms with E-state index in [1.807, 2.05) is 0 Å². The lowest BCUT2D eigenvalue weighted by Gasteiger charge is -1.99. The molecule has 0 unspecified atom stereocenters. The molecule has 0 bridgehead atoms. The molecule has 0 N–H and O–H groups in total.